The zero-order chi connectivity index (χ0) is 16.1. The molecule has 0 aliphatic heterocycles. The molecule has 116 valence electrons. The van der Waals surface area contributed by atoms with Crippen molar-refractivity contribution in [1.29, 1.82) is 0 Å². The molecular formula is C17H17ClFNO2. The Labute approximate surface area is 134 Å². The zero-order valence-corrected chi connectivity index (χ0v) is 13.2. The number of carbonyl (C=O) groups excluding carboxylic acids is 1. The maximum atomic E-state index is 13.4. The van der Waals surface area contributed by atoms with Gasteiger partial charge in [-0.3, -0.25) is 4.79 Å². The molecule has 0 radical (unpaired) electrons. The summed E-state index contributed by atoms with van der Waals surface area (Å²) in [7, 11) is 0. The third-order valence-corrected chi connectivity index (χ3v) is 3.81. The van der Waals surface area contributed by atoms with E-state index in [4.69, 9.17) is 16.3 Å². The molecule has 1 N–H and O–H groups in total. The minimum absolute atomic E-state index is 0.130. The topological polar surface area (TPSA) is 38.3 Å². The number of ether oxygens (including phenoxy) is 1. The van der Waals surface area contributed by atoms with E-state index >= 15 is 0 Å². The highest BCUT2D eigenvalue weighted by atomic mass is 35.5. The molecule has 2 aromatic carbocycles. The quantitative estimate of drug-likeness (QED) is 0.910. The van der Waals surface area contributed by atoms with Crippen LogP contribution in [0.3, 0.4) is 0 Å². The van der Waals surface area contributed by atoms with Gasteiger partial charge in [0, 0.05) is 17.1 Å². The number of rotatable bonds is 5. The Morgan fingerprint density at radius 2 is 1.86 bits per heavy atom. The van der Waals surface area contributed by atoms with Gasteiger partial charge in [0.25, 0.3) is 5.91 Å². The van der Waals surface area contributed by atoms with Crippen LogP contribution in [0, 0.1) is 19.7 Å². The second kappa shape index (κ2) is 7.27. The highest BCUT2D eigenvalue weighted by Gasteiger charge is 2.07. The largest absolute Gasteiger partial charge is 0.484 e. The van der Waals surface area contributed by atoms with E-state index in [9.17, 15) is 9.18 Å². The molecule has 2 aromatic rings. The summed E-state index contributed by atoms with van der Waals surface area (Å²) >= 11 is 6.07. The van der Waals surface area contributed by atoms with Crippen LogP contribution in [0.5, 0.6) is 5.75 Å². The van der Waals surface area contributed by atoms with Crippen molar-refractivity contribution >= 4 is 17.5 Å². The number of benzene rings is 2. The van der Waals surface area contributed by atoms with Gasteiger partial charge >= 0.3 is 0 Å². The lowest BCUT2D eigenvalue weighted by Gasteiger charge is -2.10. The molecule has 0 spiro atoms. The molecule has 5 heteroatoms. The molecule has 3 nitrogen and oxygen atoms in total. The van der Waals surface area contributed by atoms with E-state index < -0.39 is 0 Å². The third kappa shape index (κ3) is 4.21. The van der Waals surface area contributed by atoms with Crippen LogP contribution in [-0.2, 0) is 11.3 Å². The SMILES string of the molecule is Cc1cc(OCC(=O)NCc2ccccc2F)cc(C)c1Cl. The highest BCUT2D eigenvalue weighted by Crippen LogP contribution is 2.25. The van der Waals surface area contributed by atoms with Crippen molar-refractivity contribution in [2.45, 2.75) is 20.4 Å². The van der Waals surface area contributed by atoms with Crippen molar-refractivity contribution in [3.63, 3.8) is 0 Å². The van der Waals surface area contributed by atoms with Crippen LogP contribution in [-0.4, -0.2) is 12.5 Å². The molecule has 0 aromatic heterocycles. The fourth-order valence-corrected chi connectivity index (χ4v) is 2.13. The first-order valence-electron chi connectivity index (χ1n) is 6.87. The lowest BCUT2D eigenvalue weighted by Crippen LogP contribution is -2.28. The van der Waals surface area contributed by atoms with Crippen LogP contribution >= 0.6 is 11.6 Å². The minimum Gasteiger partial charge on any atom is -0.484 e. The highest BCUT2D eigenvalue weighted by molar-refractivity contribution is 6.32. The van der Waals surface area contributed by atoms with Gasteiger partial charge in [-0.05, 0) is 43.2 Å². The first-order valence-corrected chi connectivity index (χ1v) is 7.25. The number of carbonyl (C=O) groups is 1. The molecule has 0 fully saturated rings. The Kier molecular flexibility index (Phi) is 5.39. The Morgan fingerprint density at radius 3 is 2.50 bits per heavy atom. The smallest absolute Gasteiger partial charge is 0.258 e. The lowest BCUT2D eigenvalue weighted by molar-refractivity contribution is -0.123. The number of hydrogen-bond acceptors (Lipinski definition) is 2. The predicted molar refractivity (Wildman–Crippen MR) is 84.7 cm³/mol. The summed E-state index contributed by atoms with van der Waals surface area (Å²) in [5.74, 6) is -0.0679. The summed E-state index contributed by atoms with van der Waals surface area (Å²) in [5, 5.41) is 3.31. The lowest BCUT2D eigenvalue weighted by atomic mass is 10.1. The van der Waals surface area contributed by atoms with Gasteiger partial charge in [-0.2, -0.15) is 0 Å². The van der Waals surface area contributed by atoms with E-state index in [0.29, 0.717) is 16.3 Å². The summed E-state index contributed by atoms with van der Waals surface area (Å²) in [6.07, 6.45) is 0. The molecule has 0 bridgehead atoms. The molecule has 0 heterocycles. The Hall–Kier alpha value is -2.07. The molecule has 0 aliphatic rings. The van der Waals surface area contributed by atoms with Gasteiger partial charge in [-0.15, -0.1) is 0 Å². The molecule has 0 unspecified atom stereocenters. The second-order valence-electron chi connectivity index (χ2n) is 5.03. The van der Waals surface area contributed by atoms with Gasteiger partial charge in [-0.1, -0.05) is 29.8 Å². The summed E-state index contributed by atoms with van der Waals surface area (Å²) < 4.78 is 18.9. The number of hydrogen-bond donors (Lipinski definition) is 1. The monoisotopic (exact) mass is 321 g/mol. The van der Waals surface area contributed by atoms with E-state index in [1.165, 1.54) is 6.07 Å². The van der Waals surface area contributed by atoms with Crippen molar-refractivity contribution < 1.29 is 13.9 Å². The standard InChI is InChI=1S/C17H17ClFNO2/c1-11-7-14(8-12(2)17(11)18)22-10-16(21)20-9-13-5-3-4-6-15(13)19/h3-8H,9-10H2,1-2H3,(H,20,21). The molecule has 22 heavy (non-hydrogen) atoms. The average molecular weight is 322 g/mol. The van der Waals surface area contributed by atoms with E-state index in [-0.39, 0.29) is 24.9 Å². The summed E-state index contributed by atoms with van der Waals surface area (Å²) in [5.41, 5.74) is 2.22. The van der Waals surface area contributed by atoms with Crippen molar-refractivity contribution in [1.82, 2.24) is 5.32 Å². The average Bonchev–Trinajstić information content (AvgIpc) is 2.49. The van der Waals surface area contributed by atoms with Crippen molar-refractivity contribution in [3.8, 4) is 5.75 Å². The fourth-order valence-electron chi connectivity index (χ4n) is 2.02. The molecule has 0 saturated carbocycles. The molecule has 2 rings (SSSR count). The zero-order valence-electron chi connectivity index (χ0n) is 12.5. The van der Waals surface area contributed by atoms with E-state index in [1.54, 1.807) is 30.3 Å². The van der Waals surface area contributed by atoms with Crippen molar-refractivity contribution in [2.24, 2.45) is 0 Å². The van der Waals surface area contributed by atoms with Crippen molar-refractivity contribution in [3.05, 3.63) is 63.9 Å². The normalized spacial score (nSPS) is 10.4. The van der Waals surface area contributed by atoms with Crippen LogP contribution in [0.1, 0.15) is 16.7 Å². The summed E-state index contributed by atoms with van der Waals surface area (Å²) in [6, 6.07) is 9.87. The second-order valence-corrected chi connectivity index (χ2v) is 5.41. The van der Waals surface area contributed by atoms with Gasteiger partial charge in [0.1, 0.15) is 11.6 Å². The van der Waals surface area contributed by atoms with Crippen LogP contribution in [0.15, 0.2) is 36.4 Å². The molecule has 0 saturated heterocycles. The first kappa shape index (κ1) is 16.3. The van der Waals surface area contributed by atoms with Crippen LogP contribution in [0.25, 0.3) is 0 Å². The van der Waals surface area contributed by atoms with Gasteiger partial charge in [0.05, 0.1) is 0 Å². The molecule has 0 atom stereocenters. The van der Waals surface area contributed by atoms with E-state index in [2.05, 4.69) is 5.32 Å². The number of aryl methyl sites for hydroxylation is 2. The van der Waals surface area contributed by atoms with E-state index in [1.807, 2.05) is 13.8 Å². The molecule has 0 aliphatic carbocycles. The van der Waals surface area contributed by atoms with Crippen LogP contribution in [0.2, 0.25) is 5.02 Å². The van der Waals surface area contributed by atoms with Gasteiger partial charge in [0.15, 0.2) is 6.61 Å². The molecule has 1 amide bonds. The third-order valence-electron chi connectivity index (χ3n) is 3.21. The van der Waals surface area contributed by atoms with Gasteiger partial charge in [0.2, 0.25) is 0 Å². The van der Waals surface area contributed by atoms with Gasteiger partial charge < -0.3 is 10.1 Å². The maximum absolute atomic E-state index is 13.4. The Balaban J connectivity index is 1.87. The maximum Gasteiger partial charge on any atom is 0.258 e. The minimum atomic E-state index is -0.340. The number of amides is 1. The number of nitrogens with one attached hydrogen (secondary N) is 1. The number of halogens is 2. The first-order chi connectivity index (χ1) is 10.5. The van der Waals surface area contributed by atoms with Gasteiger partial charge in [-0.25, -0.2) is 4.39 Å². The van der Waals surface area contributed by atoms with Crippen LogP contribution < -0.4 is 10.1 Å². The summed E-state index contributed by atoms with van der Waals surface area (Å²) in [4.78, 5) is 11.8. The Bertz CT molecular complexity index is 665. The molecular weight excluding hydrogens is 305 g/mol. The predicted octanol–water partition coefficient (Wildman–Crippen LogP) is 3.79. The summed E-state index contributed by atoms with van der Waals surface area (Å²) in [6.45, 7) is 3.75. The fraction of sp³-hybridized carbons (Fsp3) is 0.235. The Morgan fingerprint density at radius 1 is 1.23 bits per heavy atom. The van der Waals surface area contributed by atoms with E-state index in [0.717, 1.165) is 11.1 Å². The van der Waals surface area contributed by atoms with Crippen molar-refractivity contribution in [2.75, 3.05) is 6.61 Å². The van der Waals surface area contributed by atoms with Crippen LogP contribution in [0.4, 0.5) is 4.39 Å².